The summed E-state index contributed by atoms with van der Waals surface area (Å²) in [6.07, 6.45) is 4.62. The van der Waals surface area contributed by atoms with Crippen LogP contribution in [0.25, 0.3) is 11.1 Å². The number of alkyl carbamates (subject to hydrolysis) is 1. The fourth-order valence-electron chi connectivity index (χ4n) is 3.37. The van der Waals surface area contributed by atoms with E-state index in [4.69, 9.17) is 14.0 Å². The number of aromatic amines is 1. The van der Waals surface area contributed by atoms with Crippen molar-refractivity contribution in [3.05, 3.63) is 32.4 Å². The summed E-state index contributed by atoms with van der Waals surface area (Å²) in [5, 5.41) is 7.13. The predicted octanol–water partition coefficient (Wildman–Crippen LogP) is 2.64. The van der Waals surface area contributed by atoms with Gasteiger partial charge in [-0.15, -0.1) is 0 Å². The molecule has 0 unspecified atom stereocenters. The van der Waals surface area contributed by atoms with E-state index in [0.29, 0.717) is 44.3 Å². The molecule has 0 atom stereocenters. The molecule has 0 radical (unpaired) electrons. The van der Waals surface area contributed by atoms with Gasteiger partial charge in [-0.3, -0.25) is 9.78 Å². The van der Waals surface area contributed by atoms with Gasteiger partial charge in [-0.25, -0.2) is 9.59 Å². The molecule has 2 aromatic rings. The average Bonchev–Trinajstić information content (AvgIpc) is 2.71. The van der Waals surface area contributed by atoms with Crippen LogP contribution in [0.4, 0.5) is 4.79 Å². The summed E-state index contributed by atoms with van der Waals surface area (Å²) in [4.78, 5) is 47.8. The molecule has 1 amide bonds. The Labute approximate surface area is 172 Å². The lowest BCUT2D eigenvalue weighted by atomic mass is 9.94. The number of hydrogen-bond acceptors (Lipinski definition) is 8. The number of fused-ring (bicyclic) bond motifs is 1. The fourth-order valence-corrected chi connectivity index (χ4v) is 3.37. The first-order valence-corrected chi connectivity index (χ1v) is 10.2. The topological polar surface area (TPSA) is 136 Å². The zero-order chi connectivity index (χ0) is 21.5. The first-order valence-electron chi connectivity index (χ1n) is 10.2. The number of rotatable bonds is 7. The van der Waals surface area contributed by atoms with Crippen molar-refractivity contribution in [2.45, 2.75) is 64.8 Å². The van der Waals surface area contributed by atoms with Crippen molar-refractivity contribution < 1.29 is 18.8 Å². The number of hydrogen-bond donors (Lipinski definition) is 2. The van der Waals surface area contributed by atoms with E-state index < -0.39 is 17.3 Å². The molecule has 3 rings (SSSR count). The molecular weight excluding hydrogens is 392 g/mol. The molecule has 2 N–H and O–H groups in total. The highest BCUT2D eigenvalue weighted by Gasteiger charge is 2.20. The van der Waals surface area contributed by atoms with Crippen molar-refractivity contribution >= 4 is 22.9 Å². The fraction of sp³-hybridized carbons (Fsp3) is 0.550. The Morgan fingerprint density at radius 1 is 1.33 bits per heavy atom. The van der Waals surface area contributed by atoms with Gasteiger partial charge in [0.05, 0.1) is 12.3 Å². The normalized spacial score (nSPS) is 16.3. The predicted molar refractivity (Wildman–Crippen MR) is 110 cm³/mol. The van der Waals surface area contributed by atoms with Crippen molar-refractivity contribution in [3.63, 3.8) is 0 Å². The summed E-state index contributed by atoms with van der Waals surface area (Å²) in [5.74, 6) is 0. The van der Waals surface area contributed by atoms with Gasteiger partial charge in [-0.1, -0.05) is 18.5 Å². The number of aromatic nitrogens is 2. The van der Waals surface area contributed by atoms with Crippen LogP contribution >= 0.6 is 0 Å². The van der Waals surface area contributed by atoms with Crippen LogP contribution in [0.2, 0.25) is 0 Å². The lowest BCUT2D eigenvalue weighted by molar-refractivity contribution is 0.146. The third-order valence-electron chi connectivity index (χ3n) is 4.90. The van der Waals surface area contributed by atoms with E-state index in [1.807, 2.05) is 6.92 Å². The molecule has 10 heteroatoms. The highest BCUT2D eigenvalue weighted by Crippen LogP contribution is 2.18. The van der Waals surface area contributed by atoms with E-state index >= 15 is 0 Å². The summed E-state index contributed by atoms with van der Waals surface area (Å²) in [7, 11) is 0. The zero-order valence-corrected chi connectivity index (χ0v) is 17.2. The van der Waals surface area contributed by atoms with E-state index in [2.05, 4.69) is 20.4 Å². The summed E-state index contributed by atoms with van der Waals surface area (Å²) in [5.41, 5.74) is 0.346. The first kappa shape index (κ1) is 21.5. The first-order chi connectivity index (χ1) is 14.5. The minimum Gasteiger partial charge on any atom is -0.450 e. The molecule has 1 aliphatic rings. The van der Waals surface area contributed by atoms with Gasteiger partial charge >= 0.3 is 17.7 Å². The molecule has 0 aromatic carbocycles. The highest BCUT2D eigenvalue weighted by atomic mass is 16.6. The molecule has 30 heavy (non-hydrogen) atoms. The third kappa shape index (κ3) is 5.46. The molecule has 162 valence electrons. The quantitative estimate of drug-likeness (QED) is 0.660. The number of ether oxygens (including phenoxy) is 1. The number of nitrogens with one attached hydrogen (secondary N) is 2. The van der Waals surface area contributed by atoms with Crippen LogP contribution in [0.15, 0.2) is 25.2 Å². The minimum absolute atomic E-state index is 0.0254. The number of amides is 1. The van der Waals surface area contributed by atoms with Crippen molar-refractivity contribution in [1.82, 2.24) is 15.3 Å². The number of oxime groups is 1. The van der Waals surface area contributed by atoms with Crippen LogP contribution in [0.3, 0.4) is 0 Å². The largest absolute Gasteiger partial charge is 0.450 e. The maximum absolute atomic E-state index is 12.5. The average molecular weight is 418 g/mol. The number of carbonyl (C=O) groups excluding carboxylic acids is 1. The number of carbonyl (C=O) groups is 1. The summed E-state index contributed by atoms with van der Waals surface area (Å²) >= 11 is 0. The number of aryl methyl sites for hydroxylation is 1. The minimum atomic E-state index is -0.559. The van der Waals surface area contributed by atoms with Crippen LogP contribution < -0.4 is 21.3 Å². The Morgan fingerprint density at radius 2 is 2.10 bits per heavy atom. The standard InChI is InChI=1S/C20H26N4O6/c1-3-5-6-12-11-15(25)29-18-16(12)17(26)22-19(23-18)30-24-14-9-7-13(8-10-14)21-20(27)28-4-2/h11,13H,3-10H2,1-2H3,(H,21,27)(H,22,23,26). The van der Waals surface area contributed by atoms with E-state index in [9.17, 15) is 14.4 Å². The third-order valence-corrected chi connectivity index (χ3v) is 4.90. The molecular formula is C20H26N4O6. The lowest BCUT2D eigenvalue weighted by Gasteiger charge is -2.23. The Bertz CT molecular complexity index is 1030. The molecule has 1 aliphatic carbocycles. The zero-order valence-electron chi connectivity index (χ0n) is 17.2. The van der Waals surface area contributed by atoms with E-state index in [0.717, 1.165) is 18.6 Å². The molecule has 0 saturated heterocycles. The summed E-state index contributed by atoms with van der Waals surface area (Å²) in [6, 6.07) is 1.22. The lowest BCUT2D eigenvalue weighted by Crippen LogP contribution is -2.38. The van der Waals surface area contributed by atoms with Crippen molar-refractivity contribution in [2.75, 3.05) is 6.61 Å². The van der Waals surface area contributed by atoms with Gasteiger partial charge in [0.1, 0.15) is 5.39 Å². The van der Waals surface area contributed by atoms with E-state index in [1.54, 1.807) is 6.92 Å². The number of H-pyrrole nitrogens is 1. The second kappa shape index (κ2) is 10.0. The molecule has 2 aromatic heterocycles. The Kier molecular flexibility index (Phi) is 7.21. The van der Waals surface area contributed by atoms with Crippen LogP contribution in [-0.4, -0.2) is 34.4 Å². The molecule has 0 spiro atoms. The van der Waals surface area contributed by atoms with Gasteiger partial charge < -0.3 is 19.3 Å². The van der Waals surface area contributed by atoms with Crippen LogP contribution in [-0.2, 0) is 11.2 Å². The van der Waals surface area contributed by atoms with Gasteiger partial charge in [-0.2, -0.15) is 4.98 Å². The summed E-state index contributed by atoms with van der Waals surface area (Å²) < 4.78 is 9.98. The molecule has 1 fully saturated rings. The molecule has 10 nitrogen and oxygen atoms in total. The van der Waals surface area contributed by atoms with Gasteiger partial charge in [-0.05, 0) is 51.0 Å². The van der Waals surface area contributed by atoms with Crippen LogP contribution in [0.1, 0.15) is 57.9 Å². The van der Waals surface area contributed by atoms with E-state index in [1.165, 1.54) is 6.07 Å². The number of unbranched alkanes of at least 4 members (excludes halogenated alkanes) is 1. The van der Waals surface area contributed by atoms with Gasteiger partial charge in [0.15, 0.2) is 0 Å². The second-order valence-corrected chi connectivity index (χ2v) is 7.13. The summed E-state index contributed by atoms with van der Waals surface area (Å²) in [6.45, 7) is 4.11. The van der Waals surface area contributed by atoms with Gasteiger partial charge in [0.25, 0.3) is 5.56 Å². The second-order valence-electron chi connectivity index (χ2n) is 7.13. The molecule has 0 bridgehead atoms. The van der Waals surface area contributed by atoms with Crippen molar-refractivity contribution in [2.24, 2.45) is 5.16 Å². The van der Waals surface area contributed by atoms with Crippen LogP contribution in [0, 0.1) is 0 Å². The van der Waals surface area contributed by atoms with Crippen molar-refractivity contribution in [3.8, 4) is 6.01 Å². The Morgan fingerprint density at radius 3 is 2.80 bits per heavy atom. The van der Waals surface area contributed by atoms with Crippen LogP contribution in [0.5, 0.6) is 6.01 Å². The molecule has 1 saturated carbocycles. The molecule has 0 aliphatic heterocycles. The molecule has 2 heterocycles. The van der Waals surface area contributed by atoms with E-state index in [-0.39, 0.29) is 23.2 Å². The van der Waals surface area contributed by atoms with Crippen molar-refractivity contribution in [1.29, 1.82) is 0 Å². The van der Waals surface area contributed by atoms with Gasteiger partial charge in [0, 0.05) is 12.1 Å². The maximum Gasteiger partial charge on any atom is 0.407 e. The van der Waals surface area contributed by atoms with Gasteiger partial charge in [0.2, 0.25) is 5.71 Å². The highest BCUT2D eigenvalue weighted by molar-refractivity contribution is 5.85. The Hall–Kier alpha value is -3.17. The maximum atomic E-state index is 12.5. The smallest absolute Gasteiger partial charge is 0.407 e. The monoisotopic (exact) mass is 418 g/mol. The SMILES string of the molecule is CCCCc1cc(=O)oc2nc(ON=C3CCC(NC(=O)OCC)CC3)[nH]c(=O)c12. The Balaban J connectivity index is 1.69. The number of nitrogens with zero attached hydrogens (tertiary/aromatic N) is 2.